The van der Waals surface area contributed by atoms with Gasteiger partial charge >= 0.3 is 6.09 Å². The van der Waals surface area contributed by atoms with Crippen molar-refractivity contribution < 1.29 is 23.9 Å². The van der Waals surface area contributed by atoms with Crippen LogP contribution in [0.4, 0.5) is 4.79 Å². The van der Waals surface area contributed by atoms with E-state index in [0.29, 0.717) is 0 Å². The zero-order chi connectivity index (χ0) is 20.2. The molecule has 1 aromatic rings. The van der Waals surface area contributed by atoms with Crippen molar-refractivity contribution in [3.63, 3.8) is 0 Å². The summed E-state index contributed by atoms with van der Waals surface area (Å²) in [5.41, 5.74) is 2.74. The van der Waals surface area contributed by atoms with Crippen molar-refractivity contribution >= 4 is 23.8 Å². The Hall–Kier alpha value is -3.14. The minimum atomic E-state index is -0.927. The molecule has 4 amide bonds. The van der Waals surface area contributed by atoms with Gasteiger partial charge in [-0.15, -0.1) is 0 Å². The van der Waals surface area contributed by atoms with Crippen molar-refractivity contribution in [2.45, 2.75) is 32.4 Å². The molecule has 10 heteroatoms. The number of nitrogens with two attached hydrogens (primary N) is 1. The molecule has 0 fully saturated rings. The van der Waals surface area contributed by atoms with Gasteiger partial charge in [0.1, 0.15) is 12.1 Å². The second-order valence-electron chi connectivity index (χ2n) is 5.62. The largest absolute Gasteiger partial charge is 0.450 e. The number of carbonyl (C=O) groups excluding carboxylic acids is 4. The van der Waals surface area contributed by atoms with E-state index in [4.69, 9.17) is 10.6 Å². The van der Waals surface area contributed by atoms with Crippen LogP contribution in [0.15, 0.2) is 30.3 Å². The normalized spacial score (nSPS) is 12.3. The molecule has 6 N–H and O–H groups in total. The minimum Gasteiger partial charge on any atom is -0.450 e. The third kappa shape index (κ3) is 8.19. The van der Waals surface area contributed by atoms with Crippen molar-refractivity contribution in [3.05, 3.63) is 35.9 Å². The third-order valence-corrected chi connectivity index (χ3v) is 3.50. The predicted octanol–water partition coefficient (Wildman–Crippen LogP) is -1.05. The first-order chi connectivity index (χ1) is 12.9. The fourth-order valence-electron chi connectivity index (χ4n) is 2.15. The Morgan fingerprint density at radius 1 is 1.07 bits per heavy atom. The lowest BCUT2D eigenvalue weighted by atomic mass is 10.1. The summed E-state index contributed by atoms with van der Waals surface area (Å²) < 4.78 is 4.81. The van der Waals surface area contributed by atoms with Crippen LogP contribution in [-0.2, 0) is 25.5 Å². The molecule has 1 rings (SSSR count). The summed E-state index contributed by atoms with van der Waals surface area (Å²) in [5, 5.41) is 7.28. The summed E-state index contributed by atoms with van der Waals surface area (Å²) in [6.07, 6.45) is -0.509. The summed E-state index contributed by atoms with van der Waals surface area (Å²) in [5.74, 6) is 3.28. The van der Waals surface area contributed by atoms with E-state index in [1.165, 1.54) is 6.92 Å². The summed E-state index contributed by atoms with van der Waals surface area (Å²) in [4.78, 5) is 47.2. The maximum atomic E-state index is 12.4. The Labute approximate surface area is 157 Å². The monoisotopic (exact) mass is 379 g/mol. The predicted molar refractivity (Wildman–Crippen MR) is 97.0 cm³/mol. The van der Waals surface area contributed by atoms with Gasteiger partial charge in [0.2, 0.25) is 11.8 Å². The van der Waals surface area contributed by atoms with Gasteiger partial charge in [0, 0.05) is 6.42 Å². The Morgan fingerprint density at radius 2 is 1.74 bits per heavy atom. The second-order valence-corrected chi connectivity index (χ2v) is 5.62. The number of benzene rings is 1. The van der Waals surface area contributed by atoms with E-state index in [-0.39, 0.29) is 19.6 Å². The van der Waals surface area contributed by atoms with Crippen LogP contribution in [0, 0.1) is 0 Å². The van der Waals surface area contributed by atoms with Gasteiger partial charge in [0.25, 0.3) is 5.91 Å². The van der Waals surface area contributed by atoms with Crippen LogP contribution in [-0.4, -0.2) is 49.1 Å². The van der Waals surface area contributed by atoms with E-state index in [2.05, 4.69) is 16.0 Å². The highest BCUT2D eigenvalue weighted by atomic mass is 16.5. The van der Waals surface area contributed by atoms with Crippen molar-refractivity contribution in [2.24, 2.45) is 5.84 Å². The average Bonchev–Trinajstić information content (AvgIpc) is 2.65. The fraction of sp³-hybridized carbons (Fsp3) is 0.412. The van der Waals surface area contributed by atoms with Gasteiger partial charge in [0.15, 0.2) is 0 Å². The number of amides is 4. The number of alkyl carbamates (subject to hydrolysis) is 1. The summed E-state index contributed by atoms with van der Waals surface area (Å²) >= 11 is 0. The molecule has 0 spiro atoms. The van der Waals surface area contributed by atoms with Crippen LogP contribution in [0.2, 0.25) is 0 Å². The topological polar surface area (TPSA) is 152 Å². The van der Waals surface area contributed by atoms with E-state index < -0.39 is 35.9 Å². The molecule has 1 unspecified atom stereocenters. The maximum absolute atomic E-state index is 12.4. The number of rotatable bonds is 9. The summed E-state index contributed by atoms with van der Waals surface area (Å²) in [6.45, 7) is 2.89. The van der Waals surface area contributed by atoms with E-state index in [9.17, 15) is 19.2 Å². The molecule has 0 saturated carbocycles. The van der Waals surface area contributed by atoms with Crippen molar-refractivity contribution in [3.8, 4) is 0 Å². The second kappa shape index (κ2) is 11.5. The molecular weight excluding hydrogens is 354 g/mol. The summed E-state index contributed by atoms with van der Waals surface area (Å²) in [7, 11) is 0. The molecule has 0 aromatic heterocycles. The highest BCUT2D eigenvalue weighted by Crippen LogP contribution is 2.04. The molecule has 148 valence electrons. The molecule has 0 aliphatic heterocycles. The lowest BCUT2D eigenvalue weighted by Gasteiger charge is -2.18. The minimum absolute atomic E-state index is 0.162. The maximum Gasteiger partial charge on any atom is 0.407 e. The molecule has 0 radical (unpaired) electrons. The number of ether oxygens (including phenoxy) is 1. The standard InChI is InChI=1S/C17H25N5O5/c1-3-27-17(26)21-13(9-12-7-5-4-6-8-12)16(25)19-10-14(23)20-11(2)15(24)22-18/h4-8,11,13H,3,9-10,18H2,1-2H3,(H,19,25)(H,20,23)(H,21,26)(H,22,24)/t11-,13?/m0/s1. The van der Waals surface area contributed by atoms with Gasteiger partial charge in [-0.2, -0.15) is 0 Å². The Bertz CT molecular complexity index is 652. The molecule has 10 nitrogen and oxygen atoms in total. The molecule has 0 aliphatic rings. The highest BCUT2D eigenvalue weighted by molar-refractivity contribution is 5.91. The lowest BCUT2D eigenvalue weighted by Crippen LogP contribution is -2.52. The zero-order valence-electron chi connectivity index (χ0n) is 15.3. The van der Waals surface area contributed by atoms with Gasteiger partial charge in [-0.3, -0.25) is 19.8 Å². The Balaban J connectivity index is 2.65. The average molecular weight is 379 g/mol. The first-order valence-corrected chi connectivity index (χ1v) is 8.42. The number of hydrogen-bond acceptors (Lipinski definition) is 6. The molecular formula is C17H25N5O5. The van der Waals surface area contributed by atoms with E-state index in [0.717, 1.165) is 5.56 Å². The quantitative estimate of drug-likeness (QED) is 0.210. The number of nitrogens with one attached hydrogen (secondary N) is 4. The van der Waals surface area contributed by atoms with Crippen molar-refractivity contribution in [2.75, 3.05) is 13.2 Å². The molecule has 27 heavy (non-hydrogen) atoms. The van der Waals surface area contributed by atoms with Crippen LogP contribution in [0.25, 0.3) is 0 Å². The molecule has 2 atom stereocenters. The highest BCUT2D eigenvalue weighted by Gasteiger charge is 2.23. The number of hydrogen-bond donors (Lipinski definition) is 5. The molecule has 0 saturated heterocycles. The Kier molecular flexibility index (Phi) is 9.30. The van der Waals surface area contributed by atoms with E-state index in [1.807, 2.05) is 35.8 Å². The van der Waals surface area contributed by atoms with Gasteiger partial charge in [-0.1, -0.05) is 30.3 Å². The first-order valence-electron chi connectivity index (χ1n) is 8.42. The van der Waals surface area contributed by atoms with Gasteiger partial charge < -0.3 is 20.7 Å². The van der Waals surface area contributed by atoms with E-state index >= 15 is 0 Å². The fourth-order valence-corrected chi connectivity index (χ4v) is 2.15. The molecule has 0 heterocycles. The van der Waals surface area contributed by atoms with Crippen LogP contribution in [0.1, 0.15) is 19.4 Å². The molecule has 0 bridgehead atoms. The SMILES string of the molecule is CCOC(=O)NC(Cc1ccccc1)C(=O)NCC(=O)N[C@@H](C)C(=O)NN. The number of carbonyl (C=O) groups is 4. The van der Waals surface area contributed by atoms with Crippen LogP contribution >= 0.6 is 0 Å². The zero-order valence-corrected chi connectivity index (χ0v) is 15.3. The number of hydrazine groups is 1. The van der Waals surface area contributed by atoms with Crippen molar-refractivity contribution in [1.82, 2.24) is 21.4 Å². The third-order valence-electron chi connectivity index (χ3n) is 3.50. The van der Waals surface area contributed by atoms with E-state index in [1.54, 1.807) is 6.92 Å². The van der Waals surface area contributed by atoms with Gasteiger partial charge in [0.05, 0.1) is 13.2 Å². The van der Waals surface area contributed by atoms with Gasteiger partial charge in [-0.05, 0) is 19.4 Å². The summed E-state index contributed by atoms with van der Waals surface area (Å²) in [6, 6.07) is 7.30. The van der Waals surface area contributed by atoms with Crippen LogP contribution in [0.5, 0.6) is 0 Å². The molecule has 1 aromatic carbocycles. The van der Waals surface area contributed by atoms with Crippen LogP contribution < -0.4 is 27.2 Å². The van der Waals surface area contributed by atoms with Crippen LogP contribution in [0.3, 0.4) is 0 Å². The molecule has 0 aliphatic carbocycles. The smallest absolute Gasteiger partial charge is 0.407 e. The first kappa shape index (κ1) is 21.9. The lowest BCUT2D eigenvalue weighted by molar-refractivity contribution is -0.129. The Morgan fingerprint density at radius 3 is 2.33 bits per heavy atom. The van der Waals surface area contributed by atoms with Crippen molar-refractivity contribution in [1.29, 1.82) is 0 Å². The van der Waals surface area contributed by atoms with Gasteiger partial charge in [-0.25, -0.2) is 10.6 Å².